The maximum absolute atomic E-state index is 11.6. The van der Waals surface area contributed by atoms with Crippen LogP contribution in [-0.2, 0) is 16.4 Å². The van der Waals surface area contributed by atoms with E-state index in [0.717, 1.165) is 6.26 Å². The van der Waals surface area contributed by atoms with Gasteiger partial charge in [-0.05, 0) is 24.6 Å². The highest BCUT2D eigenvalue weighted by Crippen LogP contribution is 2.30. The Bertz CT molecular complexity index is 716. The fraction of sp³-hybridized carbons (Fsp3) is 0.357. The lowest BCUT2D eigenvalue weighted by atomic mass is 10.1. The molecule has 114 valence electrons. The summed E-state index contributed by atoms with van der Waals surface area (Å²) in [5.41, 5.74) is 0.983. The first-order valence-electron chi connectivity index (χ1n) is 6.46. The lowest BCUT2D eigenvalue weighted by Gasteiger charge is -2.15. The SMILES string of the molecule is CCn1ncc(OC)c1C(O)c1cccc(S(C)(=O)=O)c1. The summed E-state index contributed by atoms with van der Waals surface area (Å²) in [6.45, 7) is 2.47. The van der Waals surface area contributed by atoms with E-state index >= 15 is 0 Å². The molecule has 2 rings (SSSR count). The number of aliphatic hydroxyl groups is 1. The molecular formula is C14H18N2O4S. The average Bonchev–Trinajstić information content (AvgIpc) is 2.88. The predicted molar refractivity (Wildman–Crippen MR) is 78.1 cm³/mol. The number of hydrogen-bond donors (Lipinski definition) is 1. The molecule has 6 nitrogen and oxygen atoms in total. The molecule has 0 bridgehead atoms. The van der Waals surface area contributed by atoms with Crippen molar-refractivity contribution < 1.29 is 18.3 Å². The molecule has 0 aliphatic carbocycles. The fourth-order valence-corrected chi connectivity index (χ4v) is 2.81. The Morgan fingerprint density at radius 2 is 2.14 bits per heavy atom. The lowest BCUT2D eigenvalue weighted by Crippen LogP contribution is -2.11. The number of methoxy groups -OCH3 is 1. The molecule has 0 saturated carbocycles. The van der Waals surface area contributed by atoms with E-state index in [1.807, 2.05) is 6.92 Å². The number of hydrogen-bond acceptors (Lipinski definition) is 5. The van der Waals surface area contributed by atoms with Crippen molar-refractivity contribution in [3.8, 4) is 5.75 Å². The minimum absolute atomic E-state index is 0.167. The van der Waals surface area contributed by atoms with Crippen LogP contribution in [0, 0.1) is 0 Å². The van der Waals surface area contributed by atoms with Crippen LogP contribution in [-0.4, -0.2) is 36.7 Å². The maximum Gasteiger partial charge on any atom is 0.175 e. The topological polar surface area (TPSA) is 81.4 Å². The van der Waals surface area contributed by atoms with Crippen molar-refractivity contribution in [1.29, 1.82) is 0 Å². The molecule has 1 heterocycles. The third-order valence-corrected chi connectivity index (χ3v) is 4.34. The molecule has 1 aromatic heterocycles. The zero-order chi connectivity index (χ0) is 15.6. The van der Waals surface area contributed by atoms with Gasteiger partial charge in [0.2, 0.25) is 0 Å². The van der Waals surface area contributed by atoms with Crippen LogP contribution >= 0.6 is 0 Å². The van der Waals surface area contributed by atoms with E-state index < -0.39 is 15.9 Å². The van der Waals surface area contributed by atoms with E-state index in [4.69, 9.17) is 4.74 Å². The molecule has 1 unspecified atom stereocenters. The van der Waals surface area contributed by atoms with Gasteiger partial charge in [0, 0.05) is 12.8 Å². The monoisotopic (exact) mass is 310 g/mol. The van der Waals surface area contributed by atoms with Crippen LogP contribution in [0.1, 0.15) is 24.3 Å². The normalized spacial score (nSPS) is 13.1. The van der Waals surface area contributed by atoms with E-state index in [1.165, 1.54) is 25.4 Å². The van der Waals surface area contributed by atoms with Gasteiger partial charge in [0.1, 0.15) is 11.8 Å². The highest BCUT2D eigenvalue weighted by Gasteiger charge is 2.22. The van der Waals surface area contributed by atoms with Crippen LogP contribution < -0.4 is 4.74 Å². The van der Waals surface area contributed by atoms with Crippen LogP contribution in [0.2, 0.25) is 0 Å². The van der Waals surface area contributed by atoms with Crippen molar-refractivity contribution in [1.82, 2.24) is 9.78 Å². The minimum Gasteiger partial charge on any atom is -0.493 e. The quantitative estimate of drug-likeness (QED) is 0.902. The second-order valence-corrected chi connectivity index (χ2v) is 6.68. The van der Waals surface area contributed by atoms with Gasteiger partial charge in [-0.3, -0.25) is 4.68 Å². The van der Waals surface area contributed by atoms with Gasteiger partial charge in [-0.25, -0.2) is 8.42 Å². The minimum atomic E-state index is -3.32. The molecule has 0 amide bonds. The first-order valence-corrected chi connectivity index (χ1v) is 8.35. The van der Waals surface area contributed by atoms with E-state index in [1.54, 1.807) is 16.8 Å². The van der Waals surface area contributed by atoms with Crippen molar-refractivity contribution in [3.63, 3.8) is 0 Å². The van der Waals surface area contributed by atoms with Crippen LogP contribution in [0.3, 0.4) is 0 Å². The summed E-state index contributed by atoms with van der Waals surface area (Å²) in [4.78, 5) is 0.167. The largest absolute Gasteiger partial charge is 0.493 e. The Hall–Kier alpha value is -1.86. The summed E-state index contributed by atoms with van der Waals surface area (Å²) in [7, 11) is -1.82. The molecule has 2 aromatic rings. The zero-order valence-electron chi connectivity index (χ0n) is 12.1. The highest BCUT2D eigenvalue weighted by atomic mass is 32.2. The molecule has 0 aliphatic heterocycles. The molecule has 0 fully saturated rings. The molecule has 1 atom stereocenters. The number of aliphatic hydroxyl groups excluding tert-OH is 1. The fourth-order valence-electron chi connectivity index (χ4n) is 2.14. The zero-order valence-corrected chi connectivity index (χ0v) is 13.0. The van der Waals surface area contributed by atoms with E-state index in [9.17, 15) is 13.5 Å². The Labute approximate surface area is 123 Å². The second kappa shape index (κ2) is 5.87. The first-order chi connectivity index (χ1) is 9.88. The molecule has 0 aliphatic rings. The molecule has 21 heavy (non-hydrogen) atoms. The van der Waals surface area contributed by atoms with Crippen LogP contribution in [0.25, 0.3) is 0 Å². The summed E-state index contributed by atoms with van der Waals surface area (Å²) in [5, 5.41) is 14.7. The summed E-state index contributed by atoms with van der Waals surface area (Å²) >= 11 is 0. The number of sulfone groups is 1. The smallest absolute Gasteiger partial charge is 0.175 e. The maximum atomic E-state index is 11.6. The van der Waals surface area contributed by atoms with Crippen molar-refractivity contribution >= 4 is 9.84 Å². The molecular weight excluding hydrogens is 292 g/mol. The van der Waals surface area contributed by atoms with Crippen LogP contribution in [0.4, 0.5) is 0 Å². The van der Waals surface area contributed by atoms with Crippen LogP contribution in [0.15, 0.2) is 35.4 Å². The number of nitrogens with zero attached hydrogens (tertiary/aromatic N) is 2. The van der Waals surface area contributed by atoms with Gasteiger partial charge in [-0.2, -0.15) is 5.10 Å². The predicted octanol–water partition coefficient (Wildman–Crippen LogP) is 1.40. The Morgan fingerprint density at radius 3 is 2.71 bits per heavy atom. The Morgan fingerprint density at radius 1 is 1.43 bits per heavy atom. The summed E-state index contributed by atoms with van der Waals surface area (Å²) < 4.78 is 30.1. The summed E-state index contributed by atoms with van der Waals surface area (Å²) in [5.74, 6) is 0.467. The third kappa shape index (κ3) is 3.08. The van der Waals surface area contributed by atoms with Crippen molar-refractivity contribution in [2.75, 3.05) is 13.4 Å². The van der Waals surface area contributed by atoms with Gasteiger partial charge in [0.05, 0.1) is 18.2 Å². The van der Waals surface area contributed by atoms with Crippen molar-refractivity contribution in [2.45, 2.75) is 24.5 Å². The Kier molecular flexibility index (Phi) is 4.34. The van der Waals surface area contributed by atoms with Crippen LogP contribution in [0.5, 0.6) is 5.75 Å². The Balaban J connectivity index is 2.50. The summed E-state index contributed by atoms with van der Waals surface area (Å²) in [6.07, 6.45) is 1.65. The highest BCUT2D eigenvalue weighted by molar-refractivity contribution is 7.90. The number of ether oxygens (including phenoxy) is 1. The van der Waals surface area contributed by atoms with E-state index in [0.29, 0.717) is 23.6 Å². The van der Waals surface area contributed by atoms with Crippen molar-refractivity contribution in [3.05, 3.63) is 41.7 Å². The van der Waals surface area contributed by atoms with Gasteiger partial charge >= 0.3 is 0 Å². The third-order valence-electron chi connectivity index (χ3n) is 3.23. The molecule has 0 spiro atoms. The number of aryl methyl sites for hydroxylation is 1. The lowest BCUT2D eigenvalue weighted by molar-refractivity contribution is 0.202. The number of aromatic nitrogens is 2. The van der Waals surface area contributed by atoms with Gasteiger partial charge in [-0.1, -0.05) is 12.1 Å². The van der Waals surface area contributed by atoms with Gasteiger partial charge in [-0.15, -0.1) is 0 Å². The van der Waals surface area contributed by atoms with E-state index in [-0.39, 0.29) is 4.90 Å². The first kappa shape index (κ1) is 15.5. The molecule has 1 N–H and O–H groups in total. The number of benzene rings is 1. The van der Waals surface area contributed by atoms with Crippen molar-refractivity contribution in [2.24, 2.45) is 0 Å². The molecule has 0 saturated heterocycles. The molecule has 0 radical (unpaired) electrons. The summed E-state index contributed by atoms with van der Waals surface area (Å²) in [6, 6.07) is 6.24. The van der Waals surface area contributed by atoms with Gasteiger partial charge < -0.3 is 9.84 Å². The number of rotatable bonds is 5. The van der Waals surface area contributed by atoms with Gasteiger partial charge in [0.15, 0.2) is 15.6 Å². The molecule has 1 aromatic carbocycles. The van der Waals surface area contributed by atoms with E-state index in [2.05, 4.69) is 5.10 Å². The second-order valence-electron chi connectivity index (χ2n) is 4.66. The standard InChI is InChI=1S/C14H18N2O4S/c1-4-16-13(12(20-2)9-15-16)14(17)10-6-5-7-11(8-10)21(3,18)19/h5-9,14,17H,4H2,1-3H3. The average molecular weight is 310 g/mol. The molecule has 7 heteroatoms. The van der Waals surface area contributed by atoms with Gasteiger partial charge in [0.25, 0.3) is 0 Å².